The minimum Gasteiger partial charge on any atom is -0.357 e. The largest absolute Gasteiger partial charge is 0.416 e. The lowest BCUT2D eigenvalue weighted by Crippen LogP contribution is -2.42. The fourth-order valence-corrected chi connectivity index (χ4v) is 3.11. The fourth-order valence-electron chi connectivity index (χ4n) is 3.11. The molecule has 5 nitrogen and oxygen atoms in total. The molecule has 2 N–H and O–H groups in total. The maximum absolute atomic E-state index is 13.2. The number of halogens is 4. The summed E-state index contributed by atoms with van der Waals surface area (Å²) in [6.07, 6.45) is -3.49. The Hall–Kier alpha value is -1.87. The fraction of sp³-hybridized carbons (Fsp3) is 0.632. The molecular weight excluding hydrogens is 374 g/mol. The van der Waals surface area contributed by atoms with Gasteiger partial charge in [-0.3, -0.25) is 0 Å². The number of aliphatic imine (C=N–C) groups is 1. The van der Waals surface area contributed by atoms with Crippen molar-refractivity contribution in [1.29, 1.82) is 0 Å². The second-order valence-corrected chi connectivity index (χ2v) is 6.92. The number of likely N-dealkylation sites (N-methyl/N-ethyl adjacent to an activating group) is 1. The molecular formula is C19H29F4N5. The molecule has 0 bridgehead atoms. The number of nitrogens with one attached hydrogen (secondary N) is 2. The van der Waals surface area contributed by atoms with Crippen molar-refractivity contribution in [3.8, 4) is 0 Å². The summed E-state index contributed by atoms with van der Waals surface area (Å²) in [4.78, 5) is 8.91. The van der Waals surface area contributed by atoms with Gasteiger partial charge in [-0.1, -0.05) is 6.07 Å². The third-order valence-electron chi connectivity index (χ3n) is 4.66. The van der Waals surface area contributed by atoms with Crippen LogP contribution in [0.25, 0.3) is 0 Å². The van der Waals surface area contributed by atoms with E-state index in [-0.39, 0.29) is 12.1 Å². The summed E-state index contributed by atoms with van der Waals surface area (Å²) in [5, 5.41) is 6.20. The van der Waals surface area contributed by atoms with Crippen molar-refractivity contribution in [3.63, 3.8) is 0 Å². The highest BCUT2D eigenvalue weighted by molar-refractivity contribution is 5.79. The number of rotatable bonds is 6. The highest BCUT2D eigenvalue weighted by Crippen LogP contribution is 2.32. The molecule has 0 saturated carbocycles. The Morgan fingerprint density at radius 1 is 1.14 bits per heavy atom. The van der Waals surface area contributed by atoms with E-state index in [0.29, 0.717) is 25.1 Å². The summed E-state index contributed by atoms with van der Waals surface area (Å²) in [5.74, 6) is -0.458. The first kappa shape index (κ1) is 22.4. The molecule has 0 spiro atoms. The SMILES string of the molecule is CCNC(=NCc1ccc(F)cc1C(F)(F)F)NCCN1CCCN(C)CC1. The summed E-state index contributed by atoms with van der Waals surface area (Å²) in [6, 6.07) is 2.68. The van der Waals surface area contributed by atoms with Crippen molar-refractivity contribution in [2.75, 3.05) is 52.9 Å². The summed E-state index contributed by atoms with van der Waals surface area (Å²) < 4.78 is 52.6. The molecule has 1 aliphatic rings. The van der Waals surface area contributed by atoms with Crippen molar-refractivity contribution in [3.05, 3.63) is 35.1 Å². The molecule has 1 aromatic carbocycles. The predicted octanol–water partition coefficient (Wildman–Crippen LogP) is 2.54. The van der Waals surface area contributed by atoms with E-state index in [1.165, 1.54) is 0 Å². The maximum atomic E-state index is 13.2. The molecule has 0 amide bonds. The normalized spacial score (nSPS) is 17.4. The van der Waals surface area contributed by atoms with Crippen LogP contribution in [0.4, 0.5) is 17.6 Å². The highest BCUT2D eigenvalue weighted by Gasteiger charge is 2.33. The Morgan fingerprint density at radius 3 is 2.64 bits per heavy atom. The van der Waals surface area contributed by atoms with Crippen LogP contribution in [-0.4, -0.2) is 68.6 Å². The number of guanidine groups is 1. The van der Waals surface area contributed by atoms with Crippen molar-refractivity contribution >= 4 is 5.96 Å². The molecule has 158 valence electrons. The minimum atomic E-state index is -4.61. The molecule has 2 rings (SSSR count). The van der Waals surface area contributed by atoms with Gasteiger partial charge in [-0.15, -0.1) is 0 Å². The van der Waals surface area contributed by atoms with Crippen LogP contribution in [0.2, 0.25) is 0 Å². The van der Waals surface area contributed by atoms with Crippen molar-refractivity contribution in [2.45, 2.75) is 26.1 Å². The van der Waals surface area contributed by atoms with E-state index in [1.54, 1.807) is 0 Å². The molecule has 28 heavy (non-hydrogen) atoms. The molecule has 1 heterocycles. The quantitative estimate of drug-likeness (QED) is 0.435. The summed E-state index contributed by atoms with van der Waals surface area (Å²) in [5.41, 5.74) is -1.04. The summed E-state index contributed by atoms with van der Waals surface area (Å²) in [7, 11) is 2.11. The van der Waals surface area contributed by atoms with Crippen LogP contribution in [0, 0.1) is 5.82 Å². The van der Waals surface area contributed by atoms with Crippen molar-refractivity contribution < 1.29 is 17.6 Å². The van der Waals surface area contributed by atoms with Crippen LogP contribution in [0.3, 0.4) is 0 Å². The number of alkyl halides is 3. The first-order chi connectivity index (χ1) is 13.3. The molecule has 0 aromatic heterocycles. The van der Waals surface area contributed by atoms with Crippen LogP contribution in [0.5, 0.6) is 0 Å². The van der Waals surface area contributed by atoms with Gasteiger partial charge in [0.1, 0.15) is 5.82 Å². The zero-order valence-electron chi connectivity index (χ0n) is 16.4. The Labute approximate surface area is 163 Å². The Balaban J connectivity index is 1.95. The summed E-state index contributed by atoms with van der Waals surface area (Å²) >= 11 is 0. The van der Waals surface area contributed by atoms with E-state index < -0.39 is 17.6 Å². The van der Waals surface area contributed by atoms with E-state index in [1.807, 2.05) is 6.92 Å². The number of hydrogen-bond donors (Lipinski definition) is 2. The third-order valence-corrected chi connectivity index (χ3v) is 4.66. The third kappa shape index (κ3) is 7.27. The van der Waals surface area contributed by atoms with Gasteiger partial charge in [0.15, 0.2) is 5.96 Å². The van der Waals surface area contributed by atoms with Gasteiger partial charge in [-0.25, -0.2) is 9.38 Å². The first-order valence-electron chi connectivity index (χ1n) is 9.58. The van der Waals surface area contributed by atoms with E-state index in [4.69, 9.17) is 0 Å². The molecule has 1 aromatic rings. The predicted molar refractivity (Wildman–Crippen MR) is 103 cm³/mol. The smallest absolute Gasteiger partial charge is 0.357 e. The van der Waals surface area contributed by atoms with Gasteiger partial charge in [0.05, 0.1) is 12.1 Å². The van der Waals surface area contributed by atoms with Crippen LogP contribution < -0.4 is 10.6 Å². The number of benzene rings is 1. The lowest BCUT2D eigenvalue weighted by Gasteiger charge is -2.21. The van der Waals surface area contributed by atoms with E-state index >= 15 is 0 Å². The lowest BCUT2D eigenvalue weighted by molar-refractivity contribution is -0.138. The molecule has 9 heteroatoms. The van der Waals surface area contributed by atoms with E-state index in [0.717, 1.165) is 51.3 Å². The molecule has 0 unspecified atom stereocenters. The topological polar surface area (TPSA) is 42.9 Å². The number of hydrogen-bond acceptors (Lipinski definition) is 3. The maximum Gasteiger partial charge on any atom is 0.416 e. The second kappa shape index (κ2) is 10.6. The molecule has 1 fully saturated rings. The molecule has 0 radical (unpaired) electrons. The molecule has 1 saturated heterocycles. The van der Waals surface area contributed by atoms with Gasteiger partial charge in [-0.05, 0) is 51.2 Å². The zero-order chi connectivity index (χ0) is 20.6. The highest BCUT2D eigenvalue weighted by atomic mass is 19.4. The zero-order valence-corrected chi connectivity index (χ0v) is 16.4. The minimum absolute atomic E-state index is 0.0540. The number of nitrogens with zero attached hydrogens (tertiary/aromatic N) is 3. The van der Waals surface area contributed by atoms with Gasteiger partial charge in [0.25, 0.3) is 0 Å². The van der Waals surface area contributed by atoms with Gasteiger partial charge in [-0.2, -0.15) is 13.2 Å². The van der Waals surface area contributed by atoms with Gasteiger partial charge < -0.3 is 20.4 Å². The van der Waals surface area contributed by atoms with E-state index in [2.05, 4.69) is 32.5 Å². The Bertz CT molecular complexity index is 648. The Kier molecular flexibility index (Phi) is 8.50. The molecule has 0 aliphatic carbocycles. The van der Waals surface area contributed by atoms with Crippen LogP contribution in [0.1, 0.15) is 24.5 Å². The van der Waals surface area contributed by atoms with Crippen molar-refractivity contribution in [1.82, 2.24) is 20.4 Å². The lowest BCUT2D eigenvalue weighted by atomic mass is 10.1. The first-order valence-corrected chi connectivity index (χ1v) is 9.58. The Morgan fingerprint density at radius 2 is 1.93 bits per heavy atom. The summed E-state index contributed by atoms with van der Waals surface area (Å²) in [6.45, 7) is 7.93. The standard InChI is InChI=1S/C19H29F4N5/c1-3-24-18(25-7-10-28-9-4-8-27(2)11-12-28)26-14-15-5-6-16(20)13-17(15)19(21,22)23/h5-6,13H,3-4,7-12,14H2,1-2H3,(H2,24,25,26). The van der Waals surface area contributed by atoms with Gasteiger partial charge >= 0.3 is 6.18 Å². The average molecular weight is 403 g/mol. The van der Waals surface area contributed by atoms with Crippen LogP contribution in [-0.2, 0) is 12.7 Å². The van der Waals surface area contributed by atoms with Gasteiger partial charge in [0, 0.05) is 32.7 Å². The van der Waals surface area contributed by atoms with Crippen LogP contribution in [0.15, 0.2) is 23.2 Å². The van der Waals surface area contributed by atoms with Crippen LogP contribution >= 0.6 is 0 Å². The van der Waals surface area contributed by atoms with E-state index in [9.17, 15) is 17.6 Å². The second-order valence-electron chi connectivity index (χ2n) is 6.92. The van der Waals surface area contributed by atoms with Gasteiger partial charge in [0.2, 0.25) is 0 Å². The molecule has 1 aliphatic heterocycles. The van der Waals surface area contributed by atoms with Crippen molar-refractivity contribution in [2.24, 2.45) is 4.99 Å². The monoisotopic (exact) mass is 403 g/mol. The average Bonchev–Trinajstić information content (AvgIpc) is 2.84. The molecule has 0 atom stereocenters.